The molecule has 0 atom stereocenters. The van der Waals surface area contributed by atoms with Gasteiger partial charge in [-0.2, -0.15) is 9.97 Å². The third-order valence-electron chi connectivity index (χ3n) is 10.8. The molecule has 5 nitrogen and oxygen atoms in total. The van der Waals surface area contributed by atoms with E-state index in [-0.39, 0.29) is 0 Å². The molecule has 0 aliphatic carbocycles. The molecule has 0 saturated carbocycles. The maximum Gasteiger partial charge on any atom is 0.238 e. The highest BCUT2D eigenvalue weighted by atomic mass is 15.2. The minimum absolute atomic E-state index is 0.562. The van der Waals surface area contributed by atoms with Crippen molar-refractivity contribution in [2.45, 2.75) is 0 Å². The van der Waals surface area contributed by atoms with Crippen molar-refractivity contribution in [3.05, 3.63) is 200 Å². The molecule has 0 saturated heterocycles. The molecular formula is C51H33N5. The Bertz CT molecular complexity index is 3200. The van der Waals surface area contributed by atoms with Gasteiger partial charge in [0.25, 0.3) is 0 Å². The molecule has 0 bridgehead atoms. The summed E-state index contributed by atoms with van der Waals surface area (Å²) in [6.45, 7) is 0. The standard InChI is InChI=1S/C51H33N5/c1-3-18-34(19-4-1)36-22-7-8-26-42(36)49-52-50(54-51(53-49)56-45-31-14-9-23-38(45)39-24-10-15-32-46(39)56)43-27-12-16-33-47(43)55-44-30-13-11-25-40(44)41-29-17-28-37(48(41)55)35-20-5-2-6-21-35/h1-33H. The minimum Gasteiger partial charge on any atom is -0.308 e. The zero-order chi connectivity index (χ0) is 37.0. The zero-order valence-electron chi connectivity index (χ0n) is 30.3. The Morgan fingerprint density at radius 3 is 1.36 bits per heavy atom. The molecule has 11 rings (SSSR count). The summed E-state index contributed by atoms with van der Waals surface area (Å²) in [6, 6.07) is 70.2. The number of benzene rings is 8. The second-order valence-corrected chi connectivity index (χ2v) is 14.0. The average Bonchev–Trinajstić information content (AvgIpc) is 3.80. The molecule has 0 radical (unpaired) electrons. The summed E-state index contributed by atoms with van der Waals surface area (Å²) >= 11 is 0. The third kappa shape index (κ3) is 5.06. The Kier molecular flexibility index (Phi) is 7.42. The van der Waals surface area contributed by atoms with Crippen LogP contribution in [0.25, 0.3) is 100 Å². The topological polar surface area (TPSA) is 48.5 Å². The Morgan fingerprint density at radius 1 is 0.286 bits per heavy atom. The van der Waals surface area contributed by atoms with Crippen LogP contribution in [0.4, 0.5) is 0 Å². The monoisotopic (exact) mass is 715 g/mol. The lowest BCUT2D eigenvalue weighted by Gasteiger charge is -2.17. The number of aromatic nitrogens is 5. The van der Waals surface area contributed by atoms with Crippen LogP contribution in [0.2, 0.25) is 0 Å². The van der Waals surface area contributed by atoms with Crippen LogP contribution in [0, 0.1) is 0 Å². The Labute approximate surface area is 323 Å². The molecule has 0 amide bonds. The summed E-state index contributed by atoms with van der Waals surface area (Å²) < 4.78 is 4.57. The van der Waals surface area contributed by atoms with Gasteiger partial charge in [-0.25, -0.2) is 4.98 Å². The van der Waals surface area contributed by atoms with E-state index in [1.807, 2.05) is 6.07 Å². The number of hydrogen-bond donors (Lipinski definition) is 0. The highest BCUT2D eigenvalue weighted by Crippen LogP contribution is 2.41. The summed E-state index contributed by atoms with van der Waals surface area (Å²) in [6.07, 6.45) is 0. The number of fused-ring (bicyclic) bond motifs is 6. The summed E-state index contributed by atoms with van der Waals surface area (Å²) in [4.78, 5) is 16.1. The van der Waals surface area contributed by atoms with Crippen LogP contribution in [-0.4, -0.2) is 24.1 Å². The second-order valence-electron chi connectivity index (χ2n) is 14.0. The van der Waals surface area contributed by atoms with Crippen LogP contribution in [-0.2, 0) is 0 Å². The summed E-state index contributed by atoms with van der Waals surface area (Å²) in [5.41, 5.74) is 11.6. The fraction of sp³-hybridized carbons (Fsp3) is 0. The lowest BCUT2D eigenvalue weighted by Crippen LogP contribution is -2.08. The van der Waals surface area contributed by atoms with Gasteiger partial charge in [0, 0.05) is 38.2 Å². The fourth-order valence-electron chi connectivity index (χ4n) is 8.37. The first-order chi connectivity index (χ1) is 27.8. The fourth-order valence-corrected chi connectivity index (χ4v) is 8.37. The largest absolute Gasteiger partial charge is 0.308 e. The van der Waals surface area contributed by atoms with E-state index in [2.05, 4.69) is 203 Å². The molecule has 0 fully saturated rings. The number of rotatable bonds is 6. The van der Waals surface area contributed by atoms with Crippen LogP contribution >= 0.6 is 0 Å². The number of para-hydroxylation sites is 5. The van der Waals surface area contributed by atoms with E-state index >= 15 is 0 Å². The van der Waals surface area contributed by atoms with Crippen LogP contribution < -0.4 is 0 Å². The van der Waals surface area contributed by atoms with Crippen LogP contribution in [0.1, 0.15) is 0 Å². The molecule has 5 heteroatoms. The van der Waals surface area contributed by atoms with Gasteiger partial charge < -0.3 is 4.57 Å². The average molecular weight is 716 g/mol. The highest BCUT2D eigenvalue weighted by molar-refractivity contribution is 6.14. The molecule has 262 valence electrons. The van der Waals surface area contributed by atoms with Crippen LogP contribution in [0.3, 0.4) is 0 Å². The molecule has 0 N–H and O–H groups in total. The van der Waals surface area contributed by atoms with E-state index < -0.39 is 0 Å². The smallest absolute Gasteiger partial charge is 0.238 e. The molecule has 11 aromatic rings. The molecule has 56 heavy (non-hydrogen) atoms. The molecule has 0 spiro atoms. The predicted octanol–water partition coefficient (Wildman–Crippen LogP) is 12.7. The van der Waals surface area contributed by atoms with Gasteiger partial charge in [0.1, 0.15) is 0 Å². The van der Waals surface area contributed by atoms with E-state index in [4.69, 9.17) is 15.0 Å². The van der Waals surface area contributed by atoms with Gasteiger partial charge in [-0.1, -0.05) is 170 Å². The van der Waals surface area contributed by atoms with E-state index in [1.165, 1.54) is 10.8 Å². The van der Waals surface area contributed by atoms with Gasteiger partial charge in [0.15, 0.2) is 11.6 Å². The van der Waals surface area contributed by atoms with Crippen molar-refractivity contribution in [3.8, 4) is 56.7 Å². The first-order valence-electron chi connectivity index (χ1n) is 18.9. The first kappa shape index (κ1) is 31.9. The van der Waals surface area contributed by atoms with Crippen molar-refractivity contribution in [1.29, 1.82) is 0 Å². The van der Waals surface area contributed by atoms with E-state index in [0.29, 0.717) is 17.6 Å². The first-order valence-corrected chi connectivity index (χ1v) is 18.9. The van der Waals surface area contributed by atoms with Crippen molar-refractivity contribution in [1.82, 2.24) is 24.1 Å². The molecule has 0 aliphatic heterocycles. The van der Waals surface area contributed by atoms with Crippen molar-refractivity contribution in [2.24, 2.45) is 0 Å². The molecule has 8 aromatic carbocycles. The maximum absolute atomic E-state index is 5.41. The molecular weight excluding hydrogens is 683 g/mol. The lowest BCUT2D eigenvalue weighted by atomic mass is 9.99. The Morgan fingerprint density at radius 2 is 0.714 bits per heavy atom. The van der Waals surface area contributed by atoms with Gasteiger partial charge in [-0.3, -0.25) is 4.57 Å². The molecule has 0 aliphatic rings. The predicted molar refractivity (Wildman–Crippen MR) is 230 cm³/mol. The Balaban J connectivity index is 1.23. The van der Waals surface area contributed by atoms with Gasteiger partial charge in [0.05, 0.1) is 27.8 Å². The molecule has 0 unspecified atom stereocenters. The normalized spacial score (nSPS) is 11.6. The number of hydrogen-bond acceptors (Lipinski definition) is 3. The summed E-state index contributed by atoms with van der Waals surface area (Å²) in [5.74, 6) is 1.76. The quantitative estimate of drug-likeness (QED) is 0.172. The second kappa shape index (κ2) is 13.0. The summed E-state index contributed by atoms with van der Waals surface area (Å²) in [5, 5.41) is 4.68. The molecule has 3 heterocycles. The minimum atomic E-state index is 0.562. The molecule has 3 aromatic heterocycles. The van der Waals surface area contributed by atoms with Gasteiger partial charge in [0.2, 0.25) is 5.95 Å². The van der Waals surface area contributed by atoms with E-state index in [0.717, 1.165) is 71.9 Å². The zero-order valence-corrected chi connectivity index (χ0v) is 30.3. The van der Waals surface area contributed by atoms with Gasteiger partial charge in [-0.05, 0) is 47.0 Å². The SMILES string of the molecule is c1ccc(-c2ccccc2-c2nc(-c3ccccc3-n3c4ccccc4c4cccc(-c5ccccc5)c43)nc(-n3c4ccccc4c4ccccc43)n2)cc1. The number of nitrogens with zero attached hydrogens (tertiary/aromatic N) is 5. The van der Waals surface area contributed by atoms with Gasteiger partial charge in [-0.15, -0.1) is 0 Å². The van der Waals surface area contributed by atoms with Crippen LogP contribution in [0.5, 0.6) is 0 Å². The van der Waals surface area contributed by atoms with Crippen molar-refractivity contribution >= 4 is 43.6 Å². The van der Waals surface area contributed by atoms with Crippen molar-refractivity contribution in [2.75, 3.05) is 0 Å². The van der Waals surface area contributed by atoms with E-state index in [1.54, 1.807) is 0 Å². The summed E-state index contributed by atoms with van der Waals surface area (Å²) in [7, 11) is 0. The van der Waals surface area contributed by atoms with Crippen molar-refractivity contribution in [3.63, 3.8) is 0 Å². The Hall–Kier alpha value is -7.63. The maximum atomic E-state index is 5.41. The lowest BCUT2D eigenvalue weighted by molar-refractivity contribution is 0.952. The van der Waals surface area contributed by atoms with Gasteiger partial charge >= 0.3 is 0 Å². The van der Waals surface area contributed by atoms with E-state index in [9.17, 15) is 0 Å². The highest BCUT2D eigenvalue weighted by Gasteiger charge is 2.23. The third-order valence-corrected chi connectivity index (χ3v) is 10.8. The van der Waals surface area contributed by atoms with Crippen LogP contribution in [0.15, 0.2) is 200 Å². The van der Waals surface area contributed by atoms with Crippen molar-refractivity contribution < 1.29 is 0 Å².